The van der Waals surface area contributed by atoms with E-state index in [2.05, 4.69) is 10.6 Å². The molecular formula is C15H17ClN2O3S. The number of benzene rings is 1. The van der Waals surface area contributed by atoms with Gasteiger partial charge in [-0.3, -0.25) is 0 Å². The van der Waals surface area contributed by atoms with Crippen LogP contribution in [0.5, 0.6) is 5.75 Å². The van der Waals surface area contributed by atoms with E-state index in [1.807, 2.05) is 23.8 Å². The zero-order chi connectivity index (χ0) is 16.1. The van der Waals surface area contributed by atoms with Crippen LogP contribution in [0.4, 0.5) is 10.5 Å². The van der Waals surface area contributed by atoms with Crippen molar-refractivity contribution in [3.05, 3.63) is 45.1 Å². The smallest absolute Gasteiger partial charge is 0.319 e. The van der Waals surface area contributed by atoms with Crippen molar-refractivity contribution in [2.45, 2.75) is 13.0 Å². The average molecular weight is 341 g/mol. The van der Waals surface area contributed by atoms with Gasteiger partial charge in [0, 0.05) is 17.6 Å². The van der Waals surface area contributed by atoms with Crippen molar-refractivity contribution < 1.29 is 14.6 Å². The molecule has 0 saturated heterocycles. The third-order valence-corrected chi connectivity index (χ3v) is 4.22. The number of halogens is 1. The molecule has 1 aromatic carbocycles. The molecule has 0 radical (unpaired) electrons. The monoisotopic (exact) mass is 340 g/mol. The van der Waals surface area contributed by atoms with Gasteiger partial charge in [-0.05, 0) is 40.9 Å². The molecule has 118 valence electrons. The van der Waals surface area contributed by atoms with Gasteiger partial charge in [-0.1, -0.05) is 11.6 Å². The molecule has 3 N–H and O–H groups in total. The number of hydrogen-bond donors (Lipinski definition) is 3. The number of hydrogen-bond acceptors (Lipinski definition) is 4. The van der Waals surface area contributed by atoms with Crippen LogP contribution in [0.3, 0.4) is 0 Å². The van der Waals surface area contributed by atoms with E-state index in [4.69, 9.17) is 16.3 Å². The Bertz CT molecular complexity index is 646. The highest BCUT2D eigenvalue weighted by atomic mass is 35.5. The van der Waals surface area contributed by atoms with Crippen molar-refractivity contribution in [3.8, 4) is 5.75 Å². The van der Waals surface area contributed by atoms with Crippen LogP contribution >= 0.6 is 22.9 Å². The minimum absolute atomic E-state index is 0.122. The van der Waals surface area contributed by atoms with Gasteiger partial charge in [-0.2, -0.15) is 11.3 Å². The maximum atomic E-state index is 11.9. The van der Waals surface area contributed by atoms with Crippen LogP contribution < -0.4 is 15.4 Å². The van der Waals surface area contributed by atoms with Crippen LogP contribution in [0.25, 0.3) is 0 Å². The highest BCUT2D eigenvalue weighted by Crippen LogP contribution is 2.30. The summed E-state index contributed by atoms with van der Waals surface area (Å²) in [6.07, 6.45) is -0.731. The van der Waals surface area contributed by atoms with E-state index in [9.17, 15) is 9.90 Å². The van der Waals surface area contributed by atoms with Crippen LogP contribution in [-0.2, 0) is 0 Å². The Morgan fingerprint density at radius 2 is 2.27 bits per heavy atom. The minimum atomic E-state index is -0.731. The quantitative estimate of drug-likeness (QED) is 0.779. The lowest BCUT2D eigenvalue weighted by Crippen LogP contribution is -2.32. The van der Waals surface area contributed by atoms with E-state index < -0.39 is 12.1 Å². The van der Waals surface area contributed by atoms with Crippen LogP contribution in [-0.4, -0.2) is 24.8 Å². The van der Waals surface area contributed by atoms with Gasteiger partial charge in [0.1, 0.15) is 5.75 Å². The van der Waals surface area contributed by atoms with Crippen LogP contribution in [0.1, 0.15) is 17.2 Å². The number of amides is 2. The van der Waals surface area contributed by atoms with Gasteiger partial charge < -0.3 is 20.5 Å². The number of aliphatic hydroxyl groups is 1. The number of thiophene rings is 1. The van der Waals surface area contributed by atoms with Crippen molar-refractivity contribution in [1.29, 1.82) is 0 Å². The van der Waals surface area contributed by atoms with E-state index in [-0.39, 0.29) is 6.54 Å². The van der Waals surface area contributed by atoms with Gasteiger partial charge in [0.25, 0.3) is 0 Å². The summed E-state index contributed by atoms with van der Waals surface area (Å²) < 4.78 is 5.19. The Kier molecular flexibility index (Phi) is 5.65. The molecule has 2 rings (SSSR count). The first kappa shape index (κ1) is 16.6. The summed E-state index contributed by atoms with van der Waals surface area (Å²) in [5.74, 6) is 0.476. The third kappa shape index (κ3) is 4.13. The predicted molar refractivity (Wildman–Crippen MR) is 89.0 cm³/mol. The van der Waals surface area contributed by atoms with Gasteiger partial charge in [0.05, 0.1) is 18.9 Å². The van der Waals surface area contributed by atoms with Gasteiger partial charge in [0.15, 0.2) is 0 Å². The normalized spacial score (nSPS) is 11.8. The van der Waals surface area contributed by atoms with Gasteiger partial charge in [-0.25, -0.2) is 4.79 Å². The summed E-state index contributed by atoms with van der Waals surface area (Å²) in [5.41, 5.74) is 2.13. The van der Waals surface area contributed by atoms with Crippen LogP contribution in [0, 0.1) is 6.92 Å². The van der Waals surface area contributed by atoms with Crippen molar-refractivity contribution >= 4 is 34.7 Å². The molecule has 0 bridgehead atoms. The van der Waals surface area contributed by atoms with E-state index in [1.165, 1.54) is 18.4 Å². The lowest BCUT2D eigenvalue weighted by molar-refractivity contribution is 0.175. The number of anilines is 1. The highest BCUT2D eigenvalue weighted by molar-refractivity contribution is 7.07. The Morgan fingerprint density at radius 3 is 2.91 bits per heavy atom. The Morgan fingerprint density at radius 1 is 1.50 bits per heavy atom. The number of carbonyl (C=O) groups is 1. The summed E-state index contributed by atoms with van der Waals surface area (Å²) in [6.45, 7) is 1.96. The number of carbonyl (C=O) groups excluding carboxylic acids is 1. The molecule has 1 aromatic heterocycles. The number of nitrogens with one attached hydrogen (secondary N) is 2. The minimum Gasteiger partial charge on any atom is -0.495 e. The zero-order valence-electron chi connectivity index (χ0n) is 12.2. The second-order valence-electron chi connectivity index (χ2n) is 4.71. The molecule has 2 aromatic rings. The molecule has 5 nitrogen and oxygen atoms in total. The van der Waals surface area contributed by atoms with Gasteiger partial charge >= 0.3 is 6.03 Å². The predicted octanol–water partition coefficient (Wildman–Crippen LogP) is 3.57. The van der Waals surface area contributed by atoms with Crippen molar-refractivity contribution in [1.82, 2.24) is 5.32 Å². The first-order valence-corrected chi connectivity index (χ1v) is 7.92. The van der Waals surface area contributed by atoms with Crippen molar-refractivity contribution in [2.75, 3.05) is 19.0 Å². The van der Waals surface area contributed by atoms with Gasteiger partial charge in [0.2, 0.25) is 0 Å². The molecule has 0 fully saturated rings. The van der Waals surface area contributed by atoms with E-state index in [1.54, 1.807) is 12.1 Å². The molecule has 2 amide bonds. The standard InChI is InChI=1S/C15H17ClN2O3S/c1-9-5-12(14(21-2)6-11(9)16)18-15(20)17-7-13(19)10-3-4-22-8-10/h3-6,8,13,19H,7H2,1-2H3,(H2,17,18,20). The van der Waals surface area contributed by atoms with Gasteiger partial charge in [-0.15, -0.1) is 0 Å². The Labute approximate surface area is 137 Å². The molecule has 0 spiro atoms. The van der Waals surface area contributed by atoms with Crippen molar-refractivity contribution in [3.63, 3.8) is 0 Å². The maximum absolute atomic E-state index is 11.9. The van der Waals surface area contributed by atoms with E-state index in [0.717, 1.165) is 11.1 Å². The summed E-state index contributed by atoms with van der Waals surface area (Å²) in [6, 6.07) is 4.78. The van der Waals surface area contributed by atoms with Crippen LogP contribution in [0.15, 0.2) is 29.0 Å². The number of urea groups is 1. The summed E-state index contributed by atoms with van der Waals surface area (Å²) in [7, 11) is 1.50. The second-order valence-corrected chi connectivity index (χ2v) is 5.90. The number of rotatable bonds is 5. The molecule has 0 aliphatic carbocycles. The van der Waals surface area contributed by atoms with Crippen molar-refractivity contribution in [2.24, 2.45) is 0 Å². The maximum Gasteiger partial charge on any atom is 0.319 e. The number of ether oxygens (including phenoxy) is 1. The lowest BCUT2D eigenvalue weighted by Gasteiger charge is -2.14. The fraction of sp³-hybridized carbons (Fsp3) is 0.267. The summed E-state index contributed by atoms with van der Waals surface area (Å²) in [4.78, 5) is 11.9. The fourth-order valence-electron chi connectivity index (χ4n) is 1.87. The number of aryl methyl sites for hydroxylation is 1. The largest absolute Gasteiger partial charge is 0.495 e. The molecule has 7 heteroatoms. The third-order valence-electron chi connectivity index (χ3n) is 3.11. The number of methoxy groups -OCH3 is 1. The first-order valence-electron chi connectivity index (χ1n) is 6.60. The topological polar surface area (TPSA) is 70.6 Å². The Balaban J connectivity index is 1.96. The van der Waals surface area contributed by atoms with Crippen LogP contribution in [0.2, 0.25) is 5.02 Å². The fourth-order valence-corrected chi connectivity index (χ4v) is 2.73. The highest BCUT2D eigenvalue weighted by Gasteiger charge is 2.12. The van der Waals surface area contributed by atoms with E-state index in [0.29, 0.717) is 16.5 Å². The Hall–Kier alpha value is -1.76. The summed E-state index contributed by atoms with van der Waals surface area (Å²) >= 11 is 7.52. The molecule has 0 aliphatic heterocycles. The molecule has 0 saturated carbocycles. The van der Waals surface area contributed by atoms with E-state index >= 15 is 0 Å². The molecule has 1 heterocycles. The first-order chi connectivity index (χ1) is 10.5. The zero-order valence-corrected chi connectivity index (χ0v) is 13.8. The molecule has 1 atom stereocenters. The molecule has 1 unspecified atom stereocenters. The second kappa shape index (κ2) is 7.49. The average Bonchev–Trinajstić information content (AvgIpc) is 3.02. The molecular weight excluding hydrogens is 324 g/mol. The number of aliphatic hydroxyl groups excluding tert-OH is 1. The molecule has 22 heavy (non-hydrogen) atoms. The molecule has 0 aliphatic rings. The lowest BCUT2D eigenvalue weighted by atomic mass is 10.2. The SMILES string of the molecule is COc1cc(Cl)c(C)cc1NC(=O)NCC(O)c1ccsc1. The summed E-state index contributed by atoms with van der Waals surface area (Å²) in [5, 5.41) is 19.5.